The summed E-state index contributed by atoms with van der Waals surface area (Å²) < 4.78 is 0. The van der Waals surface area contributed by atoms with Crippen molar-refractivity contribution in [3.8, 4) is 0 Å². The van der Waals surface area contributed by atoms with Crippen molar-refractivity contribution in [2.75, 3.05) is 0 Å². The first kappa shape index (κ1) is 13.4. The van der Waals surface area contributed by atoms with Crippen LogP contribution < -0.4 is 0 Å². The fraction of sp³-hybridized carbons (Fsp3) is 0.158. The molecule has 0 aliphatic carbocycles. The molecule has 0 aliphatic rings. The second kappa shape index (κ2) is 6.75. The van der Waals surface area contributed by atoms with Gasteiger partial charge in [0.05, 0.1) is 0 Å². The topological polar surface area (TPSA) is 0 Å². The Morgan fingerprint density at radius 3 is 1.37 bits per heavy atom. The lowest BCUT2D eigenvalue weighted by molar-refractivity contribution is 0.894. The zero-order valence-electron chi connectivity index (χ0n) is 11.3. The zero-order chi connectivity index (χ0) is 13.5. The van der Waals surface area contributed by atoms with E-state index in [2.05, 4.69) is 61.7 Å². The van der Waals surface area contributed by atoms with Gasteiger partial charge >= 0.3 is 0 Å². The van der Waals surface area contributed by atoms with Gasteiger partial charge in [-0.05, 0) is 41.5 Å². The highest BCUT2D eigenvalue weighted by Crippen LogP contribution is 2.23. The summed E-state index contributed by atoms with van der Waals surface area (Å²) in [5, 5.41) is 0. The summed E-state index contributed by atoms with van der Waals surface area (Å²) in [6.07, 6.45) is 3.15. The van der Waals surface area contributed by atoms with Crippen LogP contribution in [0.4, 0.5) is 0 Å². The summed E-state index contributed by atoms with van der Waals surface area (Å²) in [7, 11) is 0. The summed E-state index contributed by atoms with van der Waals surface area (Å²) in [6, 6.07) is 20.8. The third kappa shape index (κ3) is 3.96. The second-order valence-electron chi connectivity index (χ2n) is 4.79. The predicted molar refractivity (Wildman–Crippen MR) is 84.8 cm³/mol. The highest BCUT2D eigenvalue weighted by molar-refractivity contribution is 5.65. The van der Waals surface area contributed by atoms with E-state index in [0.717, 1.165) is 19.3 Å². The van der Waals surface area contributed by atoms with E-state index in [9.17, 15) is 0 Å². The van der Waals surface area contributed by atoms with Crippen LogP contribution in [0.5, 0.6) is 0 Å². The monoisotopic (exact) mass is 248 g/mol. The van der Waals surface area contributed by atoms with E-state index in [1.807, 2.05) is 12.1 Å². The molecule has 0 aromatic heterocycles. The molecule has 0 aliphatic heterocycles. The van der Waals surface area contributed by atoms with Gasteiger partial charge in [0.2, 0.25) is 0 Å². The van der Waals surface area contributed by atoms with Crippen LogP contribution >= 0.6 is 0 Å². The number of hydrogen-bond donors (Lipinski definition) is 0. The molecule has 2 aromatic carbocycles. The third-order valence-corrected chi connectivity index (χ3v) is 3.32. The molecule has 0 saturated carbocycles. The molecule has 0 fully saturated rings. The molecule has 2 aromatic rings. The van der Waals surface area contributed by atoms with Crippen LogP contribution in [0, 0.1) is 0 Å². The Bertz CT molecular complexity index is 483. The molecule has 0 saturated heterocycles. The van der Waals surface area contributed by atoms with E-state index in [0.29, 0.717) is 0 Å². The van der Waals surface area contributed by atoms with E-state index in [-0.39, 0.29) is 0 Å². The Morgan fingerprint density at radius 1 is 0.632 bits per heavy atom. The van der Waals surface area contributed by atoms with E-state index < -0.39 is 0 Å². The first-order valence-corrected chi connectivity index (χ1v) is 6.74. The number of hydrogen-bond acceptors (Lipinski definition) is 0. The maximum atomic E-state index is 4.16. The number of allylic oxidation sites excluding steroid dienone is 2. The number of rotatable bonds is 6. The van der Waals surface area contributed by atoms with Crippen LogP contribution in [0.1, 0.15) is 30.4 Å². The molecular formula is C19H20. The first-order chi connectivity index (χ1) is 9.27. The summed E-state index contributed by atoms with van der Waals surface area (Å²) in [5.74, 6) is 0. The van der Waals surface area contributed by atoms with Crippen molar-refractivity contribution >= 4 is 11.1 Å². The van der Waals surface area contributed by atoms with Crippen LogP contribution in [0.15, 0.2) is 73.8 Å². The highest BCUT2D eigenvalue weighted by Gasteiger charge is 2.01. The average molecular weight is 248 g/mol. The molecule has 0 bridgehead atoms. The largest absolute Gasteiger partial charge is 0.0952 e. The van der Waals surface area contributed by atoms with Crippen LogP contribution in [0.25, 0.3) is 11.1 Å². The Hall–Kier alpha value is -2.08. The fourth-order valence-electron chi connectivity index (χ4n) is 2.15. The Kier molecular flexibility index (Phi) is 4.74. The smallest absolute Gasteiger partial charge is 0.0230 e. The molecule has 0 spiro atoms. The maximum Gasteiger partial charge on any atom is -0.0230 e. The van der Waals surface area contributed by atoms with Gasteiger partial charge in [-0.15, -0.1) is 0 Å². The Balaban J connectivity index is 1.81. The summed E-state index contributed by atoms with van der Waals surface area (Å²) >= 11 is 0. The van der Waals surface area contributed by atoms with E-state index in [4.69, 9.17) is 0 Å². The van der Waals surface area contributed by atoms with Crippen molar-refractivity contribution < 1.29 is 0 Å². The minimum atomic E-state index is 1.02. The van der Waals surface area contributed by atoms with Crippen LogP contribution in [-0.4, -0.2) is 0 Å². The van der Waals surface area contributed by atoms with Gasteiger partial charge in [-0.25, -0.2) is 0 Å². The van der Waals surface area contributed by atoms with Crippen molar-refractivity contribution in [1.82, 2.24) is 0 Å². The van der Waals surface area contributed by atoms with Crippen LogP contribution in [-0.2, 0) is 0 Å². The standard InChI is InChI=1S/C19H20/c1-16(18-12-5-3-6-13-18)10-9-11-17(2)19-14-7-4-8-15-19/h3-8,12-15H,1-2,9-11H2. The van der Waals surface area contributed by atoms with Crippen LogP contribution in [0.2, 0.25) is 0 Å². The summed E-state index contributed by atoms with van der Waals surface area (Å²) in [4.78, 5) is 0. The van der Waals surface area contributed by atoms with E-state index in [1.165, 1.54) is 22.3 Å². The molecule has 0 radical (unpaired) electrons. The van der Waals surface area contributed by atoms with Gasteiger partial charge in [-0.2, -0.15) is 0 Å². The Labute approximate surface area is 116 Å². The van der Waals surface area contributed by atoms with Crippen molar-refractivity contribution in [2.24, 2.45) is 0 Å². The summed E-state index contributed by atoms with van der Waals surface area (Å²) in [6.45, 7) is 8.33. The molecule has 0 N–H and O–H groups in total. The van der Waals surface area contributed by atoms with E-state index in [1.54, 1.807) is 0 Å². The first-order valence-electron chi connectivity index (χ1n) is 6.74. The third-order valence-electron chi connectivity index (χ3n) is 3.32. The predicted octanol–water partition coefficient (Wildman–Crippen LogP) is 5.58. The average Bonchev–Trinajstić information content (AvgIpc) is 2.49. The van der Waals surface area contributed by atoms with Gasteiger partial charge in [-0.1, -0.05) is 73.8 Å². The van der Waals surface area contributed by atoms with Crippen molar-refractivity contribution in [2.45, 2.75) is 19.3 Å². The summed E-state index contributed by atoms with van der Waals surface area (Å²) in [5.41, 5.74) is 4.91. The fourth-order valence-corrected chi connectivity index (χ4v) is 2.15. The van der Waals surface area contributed by atoms with Crippen molar-refractivity contribution in [1.29, 1.82) is 0 Å². The molecule has 0 heterocycles. The van der Waals surface area contributed by atoms with Gasteiger partial charge in [0.15, 0.2) is 0 Å². The molecule has 0 amide bonds. The minimum absolute atomic E-state index is 1.02. The van der Waals surface area contributed by atoms with Crippen molar-refractivity contribution in [3.05, 3.63) is 84.9 Å². The van der Waals surface area contributed by atoms with E-state index >= 15 is 0 Å². The molecule has 0 atom stereocenters. The lowest BCUT2D eigenvalue weighted by atomic mass is 9.97. The lowest BCUT2D eigenvalue weighted by Crippen LogP contribution is -1.86. The van der Waals surface area contributed by atoms with Gasteiger partial charge in [0.1, 0.15) is 0 Å². The molecule has 0 heteroatoms. The van der Waals surface area contributed by atoms with Gasteiger partial charge in [0.25, 0.3) is 0 Å². The molecule has 0 unspecified atom stereocenters. The normalized spacial score (nSPS) is 10.1. The van der Waals surface area contributed by atoms with Gasteiger partial charge in [0, 0.05) is 0 Å². The van der Waals surface area contributed by atoms with Gasteiger partial charge in [-0.3, -0.25) is 0 Å². The molecule has 0 nitrogen and oxygen atoms in total. The molecular weight excluding hydrogens is 228 g/mol. The SMILES string of the molecule is C=C(CCCC(=C)c1ccccc1)c1ccccc1. The van der Waals surface area contributed by atoms with Gasteiger partial charge < -0.3 is 0 Å². The maximum absolute atomic E-state index is 4.16. The molecule has 19 heavy (non-hydrogen) atoms. The highest BCUT2D eigenvalue weighted by atomic mass is 14.1. The number of benzene rings is 2. The molecule has 2 rings (SSSR count). The minimum Gasteiger partial charge on any atom is -0.0952 e. The Morgan fingerprint density at radius 2 is 1.00 bits per heavy atom. The quantitative estimate of drug-likeness (QED) is 0.625. The van der Waals surface area contributed by atoms with Crippen LogP contribution in [0.3, 0.4) is 0 Å². The lowest BCUT2D eigenvalue weighted by Gasteiger charge is -2.08. The zero-order valence-corrected chi connectivity index (χ0v) is 11.3. The van der Waals surface area contributed by atoms with Crippen molar-refractivity contribution in [3.63, 3.8) is 0 Å². The second-order valence-corrected chi connectivity index (χ2v) is 4.79. The molecule has 96 valence electrons.